The molecule has 1 aliphatic rings. The minimum Gasteiger partial charge on any atom is -0.465 e. The maximum Gasteiger partial charge on any atom is 0.320 e. The third kappa shape index (κ3) is 4.20. The van der Waals surface area contributed by atoms with Crippen molar-refractivity contribution in [2.75, 3.05) is 19.7 Å². The van der Waals surface area contributed by atoms with Gasteiger partial charge in [0.05, 0.1) is 6.61 Å². The molecule has 0 bridgehead atoms. The molecule has 0 radical (unpaired) electrons. The standard InChI is InChI=1S/C18H24N2O4/c1-2-24-17(23)18(10-8-16(19)22)13-20(11-9-15(18)21)12-14-6-4-3-5-7-14/h3-7H,2,8-13H2,1H3,(H2,19,22). The second-order valence-corrected chi connectivity index (χ2v) is 6.14. The molecule has 1 aromatic carbocycles. The quantitative estimate of drug-likeness (QED) is 0.600. The topological polar surface area (TPSA) is 89.7 Å². The molecule has 1 saturated heterocycles. The van der Waals surface area contributed by atoms with Crippen LogP contribution in [-0.4, -0.2) is 42.3 Å². The molecule has 24 heavy (non-hydrogen) atoms. The lowest BCUT2D eigenvalue weighted by Gasteiger charge is -2.39. The number of hydrogen-bond donors (Lipinski definition) is 1. The van der Waals surface area contributed by atoms with E-state index in [-0.39, 0.29) is 38.2 Å². The van der Waals surface area contributed by atoms with Crippen molar-refractivity contribution >= 4 is 17.7 Å². The number of carbonyl (C=O) groups is 3. The molecule has 1 fully saturated rings. The lowest BCUT2D eigenvalue weighted by Crippen LogP contribution is -2.54. The zero-order valence-electron chi connectivity index (χ0n) is 14.0. The highest BCUT2D eigenvalue weighted by molar-refractivity contribution is 6.05. The van der Waals surface area contributed by atoms with E-state index < -0.39 is 17.3 Å². The molecule has 1 amide bonds. The zero-order valence-corrected chi connectivity index (χ0v) is 14.0. The Bertz CT molecular complexity index is 602. The van der Waals surface area contributed by atoms with Crippen LogP contribution in [0.4, 0.5) is 0 Å². The van der Waals surface area contributed by atoms with Crippen molar-refractivity contribution < 1.29 is 19.1 Å². The number of ketones is 1. The number of primary amides is 1. The molecule has 0 aromatic heterocycles. The number of carbonyl (C=O) groups excluding carboxylic acids is 3. The summed E-state index contributed by atoms with van der Waals surface area (Å²) < 4.78 is 5.15. The van der Waals surface area contributed by atoms with Crippen LogP contribution in [0.25, 0.3) is 0 Å². The summed E-state index contributed by atoms with van der Waals surface area (Å²) in [6, 6.07) is 9.86. The number of benzene rings is 1. The molecule has 2 N–H and O–H groups in total. The molecule has 1 aliphatic heterocycles. The van der Waals surface area contributed by atoms with Crippen molar-refractivity contribution in [1.29, 1.82) is 0 Å². The lowest BCUT2D eigenvalue weighted by atomic mass is 9.74. The average molecular weight is 332 g/mol. The molecule has 2 rings (SSSR count). The third-order valence-electron chi connectivity index (χ3n) is 4.40. The minimum atomic E-state index is -1.29. The summed E-state index contributed by atoms with van der Waals surface area (Å²) in [7, 11) is 0. The van der Waals surface area contributed by atoms with Gasteiger partial charge in [-0.2, -0.15) is 0 Å². The van der Waals surface area contributed by atoms with E-state index in [9.17, 15) is 14.4 Å². The highest BCUT2D eigenvalue weighted by atomic mass is 16.5. The second-order valence-electron chi connectivity index (χ2n) is 6.14. The van der Waals surface area contributed by atoms with Crippen LogP contribution in [-0.2, 0) is 25.7 Å². The Morgan fingerprint density at radius 1 is 1.29 bits per heavy atom. The summed E-state index contributed by atoms with van der Waals surface area (Å²) in [5.74, 6) is -1.23. The van der Waals surface area contributed by atoms with Crippen LogP contribution in [0.15, 0.2) is 30.3 Å². The van der Waals surface area contributed by atoms with Gasteiger partial charge in [0.25, 0.3) is 0 Å². The predicted octanol–water partition coefficient (Wildman–Crippen LogP) is 1.28. The van der Waals surface area contributed by atoms with E-state index in [1.54, 1.807) is 6.92 Å². The summed E-state index contributed by atoms with van der Waals surface area (Å²) in [6.07, 6.45) is 0.361. The van der Waals surface area contributed by atoms with E-state index in [1.807, 2.05) is 30.3 Å². The molecular formula is C18H24N2O4. The number of esters is 1. The van der Waals surface area contributed by atoms with E-state index in [0.29, 0.717) is 13.1 Å². The molecule has 1 atom stereocenters. The van der Waals surface area contributed by atoms with Crippen LogP contribution >= 0.6 is 0 Å². The lowest BCUT2D eigenvalue weighted by molar-refractivity contribution is -0.165. The minimum absolute atomic E-state index is 0.0102. The van der Waals surface area contributed by atoms with Crippen LogP contribution in [0.5, 0.6) is 0 Å². The molecule has 6 nitrogen and oxygen atoms in total. The highest BCUT2D eigenvalue weighted by Crippen LogP contribution is 2.34. The smallest absolute Gasteiger partial charge is 0.320 e. The summed E-state index contributed by atoms with van der Waals surface area (Å²) in [4.78, 5) is 38.3. The molecule has 6 heteroatoms. The highest BCUT2D eigenvalue weighted by Gasteiger charge is 2.50. The van der Waals surface area contributed by atoms with Crippen LogP contribution < -0.4 is 5.73 Å². The zero-order chi connectivity index (χ0) is 17.6. The number of amides is 1. The van der Waals surface area contributed by atoms with E-state index >= 15 is 0 Å². The fourth-order valence-electron chi connectivity index (χ4n) is 3.13. The van der Waals surface area contributed by atoms with Crippen molar-refractivity contribution in [1.82, 2.24) is 4.90 Å². The SMILES string of the molecule is CCOC(=O)C1(CCC(N)=O)CN(Cc2ccccc2)CCC1=O. The average Bonchev–Trinajstić information content (AvgIpc) is 2.56. The monoisotopic (exact) mass is 332 g/mol. The molecule has 0 aliphatic carbocycles. The van der Waals surface area contributed by atoms with Gasteiger partial charge in [0.2, 0.25) is 5.91 Å². The Morgan fingerprint density at radius 3 is 2.62 bits per heavy atom. The van der Waals surface area contributed by atoms with Gasteiger partial charge in [0.15, 0.2) is 5.78 Å². The maximum absolute atomic E-state index is 12.6. The van der Waals surface area contributed by atoms with E-state index in [1.165, 1.54) is 0 Å². The van der Waals surface area contributed by atoms with Crippen molar-refractivity contribution in [2.45, 2.75) is 32.7 Å². The number of likely N-dealkylation sites (tertiary alicyclic amines) is 1. The van der Waals surface area contributed by atoms with E-state index in [0.717, 1.165) is 5.56 Å². The molecule has 1 aromatic rings. The van der Waals surface area contributed by atoms with Gasteiger partial charge in [-0.1, -0.05) is 30.3 Å². The Hall–Kier alpha value is -2.21. The first-order valence-electron chi connectivity index (χ1n) is 8.23. The summed E-state index contributed by atoms with van der Waals surface area (Å²) >= 11 is 0. The molecule has 1 heterocycles. The van der Waals surface area contributed by atoms with Gasteiger partial charge < -0.3 is 10.5 Å². The predicted molar refractivity (Wildman–Crippen MR) is 88.8 cm³/mol. The van der Waals surface area contributed by atoms with Crippen molar-refractivity contribution in [2.24, 2.45) is 11.1 Å². The van der Waals surface area contributed by atoms with Crippen LogP contribution in [0.2, 0.25) is 0 Å². The number of Topliss-reactive ketones (excluding diaryl/α,β-unsaturated/α-hetero) is 1. The van der Waals surface area contributed by atoms with Crippen LogP contribution in [0, 0.1) is 5.41 Å². The Morgan fingerprint density at radius 2 is 2.00 bits per heavy atom. The van der Waals surface area contributed by atoms with Crippen molar-refractivity contribution in [3.8, 4) is 0 Å². The number of ether oxygens (including phenoxy) is 1. The Kier molecular flexibility index (Phi) is 6.09. The number of hydrogen-bond acceptors (Lipinski definition) is 5. The van der Waals surface area contributed by atoms with Gasteiger partial charge in [-0.25, -0.2) is 0 Å². The first kappa shape index (κ1) is 18.1. The van der Waals surface area contributed by atoms with Crippen molar-refractivity contribution in [3.63, 3.8) is 0 Å². The third-order valence-corrected chi connectivity index (χ3v) is 4.40. The van der Waals surface area contributed by atoms with Gasteiger partial charge in [0, 0.05) is 32.5 Å². The summed E-state index contributed by atoms with van der Waals surface area (Å²) in [5, 5.41) is 0. The summed E-state index contributed by atoms with van der Waals surface area (Å²) in [5.41, 5.74) is 5.05. The number of nitrogens with two attached hydrogens (primary N) is 1. The molecule has 1 unspecified atom stereocenters. The molecule has 0 spiro atoms. The Labute approximate surface area is 142 Å². The summed E-state index contributed by atoms with van der Waals surface area (Å²) in [6.45, 7) is 3.39. The molecule has 0 saturated carbocycles. The normalized spacial score (nSPS) is 21.5. The number of piperidine rings is 1. The van der Waals surface area contributed by atoms with E-state index in [4.69, 9.17) is 10.5 Å². The van der Waals surface area contributed by atoms with Crippen molar-refractivity contribution in [3.05, 3.63) is 35.9 Å². The Balaban J connectivity index is 2.20. The number of rotatable bonds is 7. The number of nitrogens with zero attached hydrogens (tertiary/aromatic N) is 1. The second kappa shape index (κ2) is 8.06. The van der Waals surface area contributed by atoms with Gasteiger partial charge in [-0.05, 0) is 18.9 Å². The van der Waals surface area contributed by atoms with Gasteiger partial charge in [-0.15, -0.1) is 0 Å². The molecule has 130 valence electrons. The van der Waals surface area contributed by atoms with Crippen LogP contribution in [0.1, 0.15) is 31.7 Å². The molecular weight excluding hydrogens is 308 g/mol. The van der Waals surface area contributed by atoms with Crippen LogP contribution in [0.3, 0.4) is 0 Å². The first-order valence-corrected chi connectivity index (χ1v) is 8.23. The fourth-order valence-corrected chi connectivity index (χ4v) is 3.13. The first-order chi connectivity index (χ1) is 11.5. The van der Waals surface area contributed by atoms with Gasteiger partial charge in [-0.3, -0.25) is 19.3 Å². The maximum atomic E-state index is 12.6. The van der Waals surface area contributed by atoms with E-state index in [2.05, 4.69) is 4.90 Å². The fraction of sp³-hybridized carbons (Fsp3) is 0.500. The van der Waals surface area contributed by atoms with Gasteiger partial charge >= 0.3 is 5.97 Å². The largest absolute Gasteiger partial charge is 0.465 e. The van der Waals surface area contributed by atoms with Gasteiger partial charge in [0.1, 0.15) is 5.41 Å².